The van der Waals surface area contributed by atoms with Crippen LogP contribution in [-0.2, 0) is 14.8 Å². The summed E-state index contributed by atoms with van der Waals surface area (Å²) in [6.07, 6.45) is 4.79. The van der Waals surface area contributed by atoms with Crippen LogP contribution in [0.15, 0.2) is 60.0 Å². The lowest BCUT2D eigenvalue weighted by molar-refractivity contribution is -0.138. The highest BCUT2D eigenvalue weighted by molar-refractivity contribution is 7.92. The van der Waals surface area contributed by atoms with Crippen molar-refractivity contribution in [1.82, 2.24) is 14.2 Å². The van der Waals surface area contributed by atoms with E-state index >= 15 is 0 Å². The van der Waals surface area contributed by atoms with Crippen molar-refractivity contribution in [2.45, 2.75) is 31.6 Å². The molecule has 1 aromatic heterocycles. The van der Waals surface area contributed by atoms with Gasteiger partial charge in [-0.05, 0) is 49.5 Å². The summed E-state index contributed by atoms with van der Waals surface area (Å²) in [5, 5.41) is 2.39. The van der Waals surface area contributed by atoms with Gasteiger partial charge in [-0.3, -0.25) is 4.79 Å². The molecule has 0 aliphatic carbocycles. The van der Waals surface area contributed by atoms with Gasteiger partial charge in [0.15, 0.2) is 0 Å². The Labute approximate surface area is 205 Å². The number of piperidine rings is 2. The topological polar surface area (TPSA) is 70.6 Å². The van der Waals surface area contributed by atoms with Crippen molar-refractivity contribution in [3.63, 3.8) is 0 Å². The summed E-state index contributed by atoms with van der Waals surface area (Å²) in [6, 6.07) is 17.6. The maximum absolute atomic E-state index is 13.3. The van der Waals surface area contributed by atoms with Crippen molar-refractivity contribution in [2.24, 2.45) is 5.92 Å². The van der Waals surface area contributed by atoms with Crippen LogP contribution < -0.4 is 0 Å². The van der Waals surface area contributed by atoms with E-state index in [0.29, 0.717) is 32.5 Å². The molecule has 2 aromatic carbocycles. The first-order valence-electron chi connectivity index (χ1n) is 11.9. The molecule has 1 atom stereocenters. The third-order valence-corrected chi connectivity index (χ3v) is 9.55. The Kier molecular flexibility index (Phi) is 6.81. The molecule has 0 radical (unpaired) electrons. The number of fused-ring (bicyclic) bond motifs is 1. The summed E-state index contributed by atoms with van der Waals surface area (Å²) in [7, 11) is -3.49. The maximum atomic E-state index is 13.3. The van der Waals surface area contributed by atoms with E-state index in [9.17, 15) is 13.2 Å². The SMILES string of the molecule is O=C(C1CCN(S(=O)(=O)/C=C/c2ccccc2)CC1)N1CCCC(c2nc3ccccc3s2)C1. The lowest BCUT2D eigenvalue weighted by Crippen LogP contribution is -2.46. The first-order chi connectivity index (χ1) is 16.5. The van der Waals surface area contributed by atoms with Crippen LogP contribution in [0.3, 0.4) is 0 Å². The van der Waals surface area contributed by atoms with E-state index in [1.807, 2.05) is 53.4 Å². The number of benzene rings is 2. The van der Waals surface area contributed by atoms with Crippen LogP contribution in [0.5, 0.6) is 0 Å². The van der Waals surface area contributed by atoms with Crippen LogP contribution in [0.2, 0.25) is 0 Å². The van der Waals surface area contributed by atoms with E-state index in [2.05, 4.69) is 6.07 Å². The largest absolute Gasteiger partial charge is 0.342 e. The third-order valence-electron chi connectivity index (χ3n) is 6.79. The predicted molar refractivity (Wildman–Crippen MR) is 137 cm³/mol. The Hall–Kier alpha value is -2.55. The second-order valence-corrected chi connectivity index (χ2v) is 12.0. The summed E-state index contributed by atoms with van der Waals surface area (Å²) in [6.45, 7) is 2.25. The fraction of sp³-hybridized carbons (Fsp3) is 0.385. The number of aromatic nitrogens is 1. The van der Waals surface area contributed by atoms with Gasteiger partial charge in [0, 0.05) is 43.4 Å². The molecule has 0 bridgehead atoms. The first kappa shape index (κ1) is 23.2. The number of thiazole rings is 1. The molecule has 0 saturated carbocycles. The highest BCUT2D eigenvalue weighted by Gasteiger charge is 2.34. The molecule has 2 fully saturated rings. The van der Waals surface area contributed by atoms with Gasteiger partial charge in [0.05, 0.1) is 15.2 Å². The van der Waals surface area contributed by atoms with E-state index in [-0.39, 0.29) is 17.7 Å². The van der Waals surface area contributed by atoms with Gasteiger partial charge in [-0.2, -0.15) is 4.31 Å². The van der Waals surface area contributed by atoms with Gasteiger partial charge >= 0.3 is 0 Å². The summed E-state index contributed by atoms with van der Waals surface area (Å²) >= 11 is 1.73. The molecule has 1 amide bonds. The molecule has 1 unspecified atom stereocenters. The fourth-order valence-electron chi connectivity index (χ4n) is 4.87. The Bertz CT molecular complexity index is 1250. The van der Waals surface area contributed by atoms with E-state index in [1.54, 1.807) is 17.4 Å². The molecule has 5 rings (SSSR count). The Balaban J connectivity index is 1.18. The van der Waals surface area contributed by atoms with Crippen LogP contribution in [0, 0.1) is 5.92 Å². The van der Waals surface area contributed by atoms with Gasteiger partial charge in [-0.1, -0.05) is 42.5 Å². The van der Waals surface area contributed by atoms with E-state index in [4.69, 9.17) is 4.98 Å². The Morgan fingerprint density at radius 1 is 0.971 bits per heavy atom. The number of para-hydroxylation sites is 1. The second kappa shape index (κ2) is 9.98. The van der Waals surface area contributed by atoms with E-state index in [0.717, 1.165) is 35.5 Å². The van der Waals surface area contributed by atoms with Crippen molar-refractivity contribution in [2.75, 3.05) is 26.2 Å². The van der Waals surface area contributed by atoms with Crippen molar-refractivity contribution in [3.8, 4) is 0 Å². The molecule has 6 nitrogen and oxygen atoms in total. The molecule has 3 aromatic rings. The fourth-order valence-corrected chi connectivity index (χ4v) is 7.19. The average molecular weight is 496 g/mol. The molecule has 0 N–H and O–H groups in total. The van der Waals surface area contributed by atoms with E-state index in [1.165, 1.54) is 14.4 Å². The van der Waals surface area contributed by atoms with Crippen LogP contribution in [0.4, 0.5) is 0 Å². The van der Waals surface area contributed by atoms with E-state index < -0.39 is 10.0 Å². The maximum Gasteiger partial charge on any atom is 0.236 e. The molecule has 0 spiro atoms. The smallest absolute Gasteiger partial charge is 0.236 e. The molecule has 2 aliphatic heterocycles. The molecule has 8 heteroatoms. The van der Waals surface area contributed by atoms with Gasteiger partial charge in [-0.15, -0.1) is 11.3 Å². The minimum absolute atomic E-state index is 0.112. The molecule has 178 valence electrons. The number of rotatable bonds is 5. The molecule has 34 heavy (non-hydrogen) atoms. The highest BCUT2D eigenvalue weighted by Crippen LogP contribution is 2.34. The predicted octanol–water partition coefficient (Wildman–Crippen LogP) is 4.72. The number of hydrogen-bond acceptors (Lipinski definition) is 5. The van der Waals surface area contributed by atoms with Gasteiger partial charge in [0.1, 0.15) is 0 Å². The van der Waals surface area contributed by atoms with Gasteiger partial charge in [0.25, 0.3) is 0 Å². The van der Waals surface area contributed by atoms with Crippen LogP contribution in [0.1, 0.15) is 42.2 Å². The monoisotopic (exact) mass is 495 g/mol. The molecule has 2 aliphatic rings. The Morgan fingerprint density at radius 2 is 1.71 bits per heavy atom. The van der Waals surface area contributed by atoms with Gasteiger partial charge < -0.3 is 4.90 Å². The Morgan fingerprint density at radius 3 is 2.47 bits per heavy atom. The number of hydrogen-bond donors (Lipinski definition) is 0. The van der Waals surface area contributed by atoms with Crippen molar-refractivity contribution < 1.29 is 13.2 Å². The zero-order valence-electron chi connectivity index (χ0n) is 19.0. The van der Waals surface area contributed by atoms with Crippen molar-refractivity contribution in [3.05, 3.63) is 70.6 Å². The highest BCUT2D eigenvalue weighted by atomic mass is 32.2. The molecular weight excluding hydrogens is 466 g/mol. The molecule has 2 saturated heterocycles. The minimum atomic E-state index is -3.49. The summed E-state index contributed by atoms with van der Waals surface area (Å²) in [5.41, 5.74) is 1.88. The van der Waals surface area contributed by atoms with Crippen molar-refractivity contribution in [1.29, 1.82) is 0 Å². The van der Waals surface area contributed by atoms with Crippen molar-refractivity contribution >= 4 is 43.6 Å². The second-order valence-electron chi connectivity index (χ2n) is 9.07. The third kappa shape index (κ3) is 5.09. The van der Waals surface area contributed by atoms with Gasteiger partial charge in [-0.25, -0.2) is 13.4 Å². The number of likely N-dealkylation sites (tertiary alicyclic amines) is 1. The zero-order valence-corrected chi connectivity index (χ0v) is 20.7. The number of sulfonamides is 1. The van der Waals surface area contributed by atoms with Gasteiger partial charge in [0.2, 0.25) is 15.9 Å². The zero-order chi connectivity index (χ0) is 23.5. The number of nitrogens with zero attached hydrogens (tertiary/aromatic N) is 3. The average Bonchev–Trinajstić information content (AvgIpc) is 3.32. The number of carbonyl (C=O) groups is 1. The number of carbonyl (C=O) groups excluding carboxylic acids is 1. The standard InChI is InChI=1S/C26H29N3O3S2/c30-26(28-15-6-9-22(19-28)25-27-23-10-4-5-11-24(23)33-25)21-12-16-29(17-13-21)34(31,32)18-14-20-7-2-1-3-8-20/h1-5,7-8,10-11,14,18,21-22H,6,9,12-13,15-17,19H2/b18-14+. The molecule has 3 heterocycles. The minimum Gasteiger partial charge on any atom is -0.342 e. The van der Waals surface area contributed by atoms with Crippen LogP contribution in [0.25, 0.3) is 16.3 Å². The summed E-state index contributed by atoms with van der Waals surface area (Å²) < 4.78 is 28.2. The van der Waals surface area contributed by atoms with Crippen LogP contribution >= 0.6 is 11.3 Å². The summed E-state index contributed by atoms with van der Waals surface area (Å²) in [5.74, 6) is 0.333. The van der Waals surface area contributed by atoms with Crippen LogP contribution in [-0.4, -0.2) is 54.7 Å². The lowest BCUT2D eigenvalue weighted by Gasteiger charge is -2.36. The normalized spacial score (nSPS) is 20.8. The summed E-state index contributed by atoms with van der Waals surface area (Å²) in [4.78, 5) is 20.1. The quantitative estimate of drug-likeness (QED) is 0.514. The first-order valence-corrected chi connectivity index (χ1v) is 14.2. The number of amides is 1. The molecular formula is C26H29N3O3S2. The lowest BCUT2D eigenvalue weighted by atomic mass is 9.93.